The molecule has 8 heteroatoms. The van der Waals surface area contributed by atoms with E-state index in [9.17, 15) is 14.4 Å². The van der Waals surface area contributed by atoms with Crippen molar-refractivity contribution in [1.82, 2.24) is 14.9 Å². The Balaban J connectivity index is 2.31. The standard InChI is InChI=1S/C40H74N4O4/c1-3-5-7-9-14-20-27-37(28-21-15-10-8-6-4-2)48-40(47)29-22-16-13-18-24-32-44(31-23-17-11-12-19-25-34-45)33-26-30-41-38-35-39(46)43-36-42-38/h34-37H,3-33H2,1-2H3,(H2,41,42,43,46). The van der Waals surface area contributed by atoms with E-state index in [0.29, 0.717) is 18.7 Å². The second-order valence-electron chi connectivity index (χ2n) is 13.9. The molecule has 1 heterocycles. The molecule has 0 atom stereocenters. The summed E-state index contributed by atoms with van der Waals surface area (Å²) in [5, 5.41) is 3.26. The molecule has 0 aliphatic heterocycles. The van der Waals surface area contributed by atoms with Crippen LogP contribution in [-0.4, -0.2) is 59.4 Å². The molecule has 0 fully saturated rings. The lowest BCUT2D eigenvalue weighted by Gasteiger charge is -2.22. The highest BCUT2D eigenvalue weighted by molar-refractivity contribution is 5.69. The van der Waals surface area contributed by atoms with Gasteiger partial charge in [0.2, 0.25) is 0 Å². The number of anilines is 1. The number of aromatic amines is 1. The van der Waals surface area contributed by atoms with Gasteiger partial charge in [-0.15, -0.1) is 0 Å². The van der Waals surface area contributed by atoms with Crippen LogP contribution in [0.25, 0.3) is 0 Å². The largest absolute Gasteiger partial charge is 0.462 e. The maximum absolute atomic E-state index is 12.7. The first kappa shape index (κ1) is 43.8. The lowest BCUT2D eigenvalue weighted by molar-refractivity contribution is -0.150. The van der Waals surface area contributed by atoms with Gasteiger partial charge in [-0.2, -0.15) is 0 Å². The molecule has 48 heavy (non-hydrogen) atoms. The minimum absolute atomic E-state index is 0.0122. The van der Waals surface area contributed by atoms with Crippen molar-refractivity contribution in [3.05, 3.63) is 22.7 Å². The molecule has 0 aliphatic carbocycles. The highest BCUT2D eigenvalue weighted by Crippen LogP contribution is 2.18. The second-order valence-corrected chi connectivity index (χ2v) is 13.9. The van der Waals surface area contributed by atoms with Gasteiger partial charge in [-0.1, -0.05) is 117 Å². The van der Waals surface area contributed by atoms with Crippen molar-refractivity contribution < 1.29 is 14.3 Å². The molecule has 0 radical (unpaired) electrons. The van der Waals surface area contributed by atoms with Crippen molar-refractivity contribution in [2.75, 3.05) is 31.5 Å². The first-order valence-electron chi connectivity index (χ1n) is 20.2. The topological polar surface area (TPSA) is 104 Å². The number of nitrogens with one attached hydrogen (secondary N) is 2. The van der Waals surface area contributed by atoms with Crippen molar-refractivity contribution >= 4 is 18.1 Å². The van der Waals surface area contributed by atoms with Crippen LogP contribution < -0.4 is 10.9 Å². The fraction of sp³-hybridized carbons (Fsp3) is 0.850. The molecule has 2 N–H and O–H groups in total. The minimum Gasteiger partial charge on any atom is -0.462 e. The fourth-order valence-electron chi connectivity index (χ4n) is 6.36. The predicted octanol–water partition coefficient (Wildman–Crippen LogP) is 10.2. The van der Waals surface area contributed by atoms with Crippen molar-refractivity contribution in [3.63, 3.8) is 0 Å². The Morgan fingerprint density at radius 1 is 0.750 bits per heavy atom. The third-order valence-electron chi connectivity index (χ3n) is 9.34. The normalized spacial score (nSPS) is 11.4. The Hall–Kier alpha value is -2.22. The number of nitrogens with zero attached hydrogens (tertiary/aromatic N) is 2. The van der Waals surface area contributed by atoms with Crippen molar-refractivity contribution in [2.45, 2.75) is 193 Å². The van der Waals surface area contributed by atoms with Crippen molar-refractivity contribution in [2.24, 2.45) is 0 Å². The summed E-state index contributed by atoms with van der Waals surface area (Å²) in [6, 6.07) is 1.49. The number of carbonyl (C=O) groups excluding carboxylic acids is 2. The summed E-state index contributed by atoms with van der Waals surface area (Å²) in [6.07, 6.45) is 33.5. The number of hydrogen-bond donors (Lipinski definition) is 2. The van der Waals surface area contributed by atoms with E-state index in [-0.39, 0.29) is 17.6 Å². The van der Waals surface area contributed by atoms with Crippen molar-refractivity contribution in [1.29, 1.82) is 0 Å². The number of H-pyrrole nitrogens is 1. The van der Waals surface area contributed by atoms with Crippen LogP contribution in [0, 0.1) is 0 Å². The van der Waals surface area contributed by atoms with Gasteiger partial charge in [-0.3, -0.25) is 9.59 Å². The third kappa shape index (κ3) is 27.7. The van der Waals surface area contributed by atoms with Crippen LogP contribution in [0.2, 0.25) is 0 Å². The van der Waals surface area contributed by atoms with Crippen LogP contribution in [-0.2, 0) is 14.3 Å². The molecule has 1 rings (SSSR count). The molecule has 0 saturated heterocycles. The molecule has 0 amide bonds. The molecule has 0 saturated carbocycles. The third-order valence-corrected chi connectivity index (χ3v) is 9.34. The van der Waals surface area contributed by atoms with Gasteiger partial charge in [0.1, 0.15) is 18.2 Å². The molecule has 8 nitrogen and oxygen atoms in total. The van der Waals surface area contributed by atoms with E-state index in [4.69, 9.17) is 4.74 Å². The Bertz CT molecular complexity index is 909. The van der Waals surface area contributed by atoms with Crippen LogP contribution in [0.5, 0.6) is 0 Å². The van der Waals surface area contributed by atoms with Crippen LogP contribution >= 0.6 is 0 Å². The summed E-state index contributed by atoms with van der Waals surface area (Å²) in [7, 11) is 0. The molecular formula is C40H74N4O4. The minimum atomic E-state index is -0.143. The van der Waals surface area contributed by atoms with Gasteiger partial charge < -0.3 is 24.7 Å². The fourth-order valence-corrected chi connectivity index (χ4v) is 6.36. The number of carbonyl (C=O) groups is 2. The number of aldehydes is 1. The van der Waals surface area contributed by atoms with Crippen LogP contribution in [0.3, 0.4) is 0 Å². The van der Waals surface area contributed by atoms with E-state index >= 15 is 0 Å². The highest BCUT2D eigenvalue weighted by Gasteiger charge is 2.14. The molecular weight excluding hydrogens is 600 g/mol. The summed E-state index contributed by atoms with van der Waals surface area (Å²) in [5.41, 5.74) is -0.143. The Morgan fingerprint density at radius 3 is 1.85 bits per heavy atom. The summed E-state index contributed by atoms with van der Waals surface area (Å²) >= 11 is 0. The maximum atomic E-state index is 12.7. The number of unbranched alkanes of at least 4 members (excludes halogenated alkanes) is 19. The number of hydrogen-bond acceptors (Lipinski definition) is 7. The van der Waals surface area contributed by atoms with E-state index in [1.807, 2.05) is 0 Å². The van der Waals surface area contributed by atoms with Crippen molar-refractivity contribution in [3.8, 4) is 0 Å². The van der Waals surface area contributed by atoms with E-state index < -0.39 is 0 Å². The first-order chi connectivity index (χ1) is 23.6. The molecule has 0 aliphatic rings. The lowest BCUT2D eigenvalue weighted by atomic mass is 10.0. The monoisotopic (exact) mass is 675 g/mol. The maximum Gasteiger partial charge on any atom is 0.306 e. The first-order valence-corrected chi connectivity index (χ1v) is 20.2. The van der Waals surface area contributed by atoms with Gasteiger partial charge in [-0.05, 0) is 77.4 Å². The van der Waals surface area contributed by atoms with Gasteiger partial charge in [0.15, 0.2) is 0 Å². The smallest absolute Gasteiger partial charge is 0.306 e. The Morgan fingerprint density at radius 2 is 1.27 bits per heavy atom. The van der Waals surface area contributed by atoms with E-state index in [0.717, 1.165) is 83.8 Å². The summed E-state index contributed by atoms with van der Waals surface area (Å²) in [6.45, 7) is 8.51. The zero-order valence-electron chi connectivity index (χ0n) is 31.3. The van der Waals surface area contributed by atoms with E-state index in [2.05, 4.69) is 34.0 Å². The number of esters is 1. The molecule has 0 spiro atoms. The molecule has 1 aromatic rings. The predicted molar refractivity (Wildman–Crippen MR) is 202 cm³/mol. The Kier molecular flexibility index (Phi) is 30.4. The zero-order valence-corrected chi connectivity index (χ0v) is 31.3. The molecule has 0 bridgehead atoms. The summed E-state index contributed by atoms with van der Waals surface area (Å²) in [5.74, 6) is 0.633. The SMILES string of the molecule is CCCCCCCCC(CCCCCCCC)OC(=O)CCCCCCCN(CCCCCCCC=O)CCCNc1cc(=O)[nH]cn1. The molecule has 0 unspecified atom stereocenters. The summed E-state index contributed by atoms with van der Waals surface area (Å²) < 4.78 is 6.03. The van der Waals surface area contributed by atoms with E-state index in [1.165, 1.54) is 122 Å². The molecule has 1 aromatic heterocycles. The van der Waals surface area contributed by atoms with Gasteiger partial charge in [0.05, 0.1) is 6.33 Å². The quantitative estimate of drug-likeness (QED) is 0.0415. The van der Waals surface area contributed by atoms with Crippen LogP contribution in [0.1, 0.15) is 187 Å². The second kappa shape index (κ2) is 33.3. The van der Waals surface area contributed by atoms with Gasteiger partial charge in [0.25, 0.3) is 5.56 Å². The van der Waals surface area contributed by atoms with Gasteiger partial charge in [0, 0.05) is 25.5 Å². The van der Waals surface area contributed by atoms with Crippen LogP contribution in [0.15, 0.2) is 17.2 Å². The van der Waals surface area contributed by atoms with E-state index in [1.54, 1.807) is 0 Å². The zero-order chi connectivity index (χ0) is 34.8. The lowest BCUT2D eigenvalue weighted by Crippen LogP contribution is -2.28. The number of rotatable bonds is 36. The molecule has 0 aromatic carbocycles. The number of ether oxygens (including phenoxy) is 1. The highest BCUT2D eigenvalue weighted by atomic mass is 16.5. The average molecular weight is 675 g/mol. The summed E-state index contributed by atoms with van der Waals surface area (Å²) in [4.78, 5) is 44.1. The van der Waals surface area contributed by atoms with Crippen LogP contribution in [0.4, 0.5) is 5.82 Å². The number of aromatic nitrogens is 2. The Labute approximate surface area is 294 Å². The average Bonchev–Trinajstić information content (AvgIpc) is 3.08. The van der Waals surface area contributed by atoms with Gasteiger partial charge in [-0.25, -0.2) is 4.98 Å². The molecule has 278 valence electrons. The van der Waals surface area contributed by atoms with Gasteiger partial charge >= 0.3 is 5.97 Å².